The largest absolute Gasteiger partial charge is 0.494 e. The molecule has 1 aromatic carbocycles. The average molecular weight is 253 g/mol. The quantitative estimate of drug-likeness (QED) is 0.894. The van der Waals surface area contributed by atoms with Crippen molar-refractivity contribution in [3.8, 4) is 11.8 Å². The summed E-state index contributed by atoms with van der Waals surface area (Å²) in [5, 5.41) is 12.7. The summed E-state index contributed by atoms with van der Waals surface area (Å²) in [6.07, 6.45) is 0. The fourth-order valence-electron chi connectivity index (χ4n) is 1.76. The summed E-state index contributed by atoms with van der Waals surface area (Å²) in [5.41, 5.74) is 3.72. The van der Waals surface area contributed by atoms with Gasteiger partial charge >= 0.3 is 0 Å². The molecule has 0 amide bonds. The minimum atomic E-state index is -0.291. The Morgan fingerprint density at radius 2 is 1.82 bits per heavy atom. The van der Waals surface area contributed by atoms with Crippen LogP contribution in [0, 0.1) is 32.1 Å². The number of anilines is 1. The number of ether oxygens (including phenoxy) is 1. The van der Waals surface area contributed by atoms with E-state index in [0.717, 1.165) is 33.1 Å². The van der Waals surface area contributed by atoms with Crippen LogP contribution in [0.25, 0.3) is 0 Å². The van der Waals surface area contributed by atoms with Gasteiger partial charge in [0.2, 0.25) is 0 Å². The van der Waals surface area contributed by atoms with Gasteiger partial charge in [-0.05, 0) is 44.4 Å². The van der Waals surface area contributed by atoms with Crippen LogP contribution in [0.4, 0.5) is 5.69 Å². The standard InChI is InChI=1S/C13H17ClN2O/c1-7(6-15)16-12-10(4)11(14)8(2)9(3)13(12)17-5/h7,16H,1-5H3. The molecule has 0 saturated heterocycles. The fraction of sp³-hybridized carbons (Fsp3) is 0.462. The number of nitrogens with zero attached hydrogens (tertiary/aromatic N) is 1. The Bertz CT molecular complexity index is 478. The predicted molar refractivity (Wildman–Crippen MR) is 70.9 cm³/mol. The highest BCUT2D eigenvalue weighted by Crippen LogP contribution is 2.39. The van der Waals surface area contributed by atoms with Gasteiger partial charge in [-0.2, -0.15) is 5.26 Å². The lowest BCUT2D eigenvalue weighted by molar-refractivity contribution is 0.412. The van der Waals surface area contributed by atoms with E-state index in [4.69, 9.17) is 21.6 Å². The molecule has 0 aliphatic rings. The van der Waals surface area contributed by atoms with E-state index in [9.17, 15) is 0 Å². The van der Waals surface area contributed by atoms with Crippen molar-refractivity contribution in [1.82, 2.24) is 0 Å². The highest BCUT2D eigenvalue weighted by Gasteiger charge is 2.17. The van der Waals surface area contributed by atoms with Crippen LogP contribution in [0.15, 0.2) is 0 Å². The van der Waals surface area contributed by atoms with Gasteiger partial charge in [-0.25, -0.2) is 0 Å². The van der Waals surface area contributed by atoms with Crippen LogP contribution in [-0.2, 0) is 0 Å². The monoisotopic (exact) mass is 252 g/mol. The Hall–Kier alpha value is -1.40. The molecule has 4 heteroatoms. The van der Waals surface area contributed by atoms with Crippen molar-refractivity contribution in [3.63, 3.8) is 0 Å². The summed E-state index contributed by atoms with van der Waals surface area (Å²) in [4.78, 5) is 0. The number of nitriles is 1. The third-order valence-corrected chi connectivity index (χ3v) is 3.49. The summed E-state index contributed by atoms with van der Waals surface area (Å²) >= 11 is 6.27. The fourth-order valence-corrected chi connectivity index (χ4v) is 2.00. The van der Waals surface area contributed by atoms with Crippen LogP contribution in [0.1, 0.15) is 23.6 Å². The summed E-state index contributed by atoms with van der Waals surface area (Å²) < 4.78 is 5.41. The minimum absolute atomic E-state index is 0.291. The van der Waals surface area contributed by atoms with Crippen molar-refractivity contribution in [2.75, 3.05) is 12.4 Å². The van der Waals surface area contributed by atoms with Crippen LogP contribution in [0.2, 0.25) is 5.02 Å². The van der Waals surface area contributed by atoms with Crippen molar-refractivity contribution < 1.29 is 4.74 Å². The second-order valence-corrected chi connectivity index (χ2v) is 4.47. The first kappa shape index (κ1) is 13.7. The molecular weight excluding hydrogens is 236 g/mol. The van der Waals surface area contributed by atoms with Crippen molar-refractivity contribution in [2.45, 2.75) is 33.7 Å². The van der Waals surface area contributed by atoms with Crippen molar-refractivity contribution in [1.29, 1.82) is 5.26 Å². The molecular formula is C13H17ClN2O. The molecule has 0 heterocycles. The van der Waals surface area contributed by atoms with E-state index in [1.165, 1.54) is 0 Å². The first-order valence-electron chi connectivity index (χ1n) is 5.43. The second-order valence-electron chi connectivity index (χ2n) is 4.09. The Labute approximate surface area is 107 Å². The van der Waals surface area contributed by atoms with Gasteiger partial charge in [-0.3, -0.25) is 0 Å². The molecule has 1 unspecified atom stereocenters. The lowest BCUT2D eigenvalue weighted by Gasteiger charge is -2.20. The molecule has 0 aliphatic carbocycles. The third kappa shape index (κ3) is 2.48. The zero-order valence-electron chi connectivity index (χ0n) is 10.8. The molecule has 17 heavy (non-hydrogen) atoms. The maximum absolute atomic E-state index is 8.86. The van der Waals surface area contributed by atoms with Gasteiger partial charge in [0.1, 0.15) is 11.8 Å². The zero-order valence-corrected chi connectivity index (χ0v) is 11.6. The Kier molecular flexibility index (Phi) is 4.25. The Morgan fingerprint density at radius 1 is 1.24 bits per heavy atom. The molecule has 0 bridgehead atoms. The Balaban J connectivity index is 3.42. The number of hydrogen-bond acceptors (Lipinski definition) is 3. The number of rotatable bonds is 3. The Morgan fingerprint density at radius 3 is 2.29 bits per heavy atom. The van der Waals surface area contributed by atoms with Crippen molar-refractivity contribution >= 4 is 17.3 Å². The summed E-state index contributed by atoms with van der Waals surface area (Å²) in [7, 11) is 1.62. The number of hydrogen-bond donors (Lipinski definition) is 1. The zero-order chi connectivity index (χ0) is 13.2. The van der Waals surface area contributed by atoms with Crippen molar-refractivity contribution in [2.24, 2.45) is 0 Å². The van der Waals surface area contributed by atoms with Crippen LogP contribution in [-0.4, -0.2) is 13.2 Å². The van der Waals surface area contributed by atoms with E-state index < -0.39 is 0 Å². The number of nitrogens with one attached hydrogen (secondary N) is 1. The summed E-state index contributed by atoms with van der Waals surface area (Å²) in [6.45, 7) is 7.64. The number of methoxy groups -OCH3 is 1. The molecule has 1 aromatic rings. The molecule has 0 radical (unpaired) electrons. The highest BCUT2D eigenvalue weighted by molar-refractivity contribution is 6.32. The van der Waals surface area contributed by atoms with Gasteiger partial charge in [0.25, 0.3) is 0 Å². The summed E-state index contributed by atoms with van der Waals surface area (Å²) in [5.74, 6) is 0.756. The lowest BCUT2D eigenvalue weighted by atomic mass is 10.0. The average Bonchev–Trinajstić information content (AvgIpc) is 2.33. The van der Waals surface area contributed by atoms with Crippen molar-refractivity contribution in [3.05, 3.63) is 21.7 Å². The number of halogens is 1. The number of benzene rings is 1. The lowest BCUT2D eigenvalue weighted by Crippen LogP contribution is -2.15. The molecule has 1 rings (SSSR count). The van der Waals surface area contributed by atoms with Gasteiger partial charge in [-0.1, -0.05) is 11.6 Å². The molecule has 0 aromatic heterocycles. The molecule has 0 spiro atoms. The highest BCUT2D eigenvalue weighted by atomic mass is 35.5. The van der Waals surface area contributed by atoms with Crippen LogP contribution in [0.3, 0.4) is 0 Å². The smallest absolute Gasteiger partial charge is 0.145 e. The van der Waals surface area contributed by atoms with E-state index in [1.54, 1.807) is 14.0 Å². The van der Waals surface area contributed by atoms with Gasteiger partial charge in [0.05, 0.1) is 18.9 Å². The minimum Gasteiger partial charge on any atom is -0.494 e. The van der Waals surface area contributed by atoms with E-state index >= 15 is 0 Å². The SMILES string of the molecule is COc1c(C)c(C)c(Cl)c(C)c1NC(C)C#N. The molecule has 0 fully saturated rings. The van der Waals surface area contributed by atoms with Gasteiger partial charge in [0.15, 0.2) is 0 Å². The summed E-state index contributed by atoms with van der Waals surface area (Å²) in [6, 6.07) is 1.84. The molecule has 0 aliphatic heterocycles. The normalized spacial score (nSPS) is 11.8. The topological polar surface area (TPSA) is 45.0 Å². The maximum Gasteiger partial charge on any atom is 0.145 e. The van der Waals surface area contributed by atoms with E-state index in [-0.39, 0.29) is 6.04 Å². The van der Waals surface area contributed by atoms with E-state index in [1.807, 2.05) is 20.8 Å². The van der Waals surface area contributed by atoms with Gasteiger partial charge in [-0.15, -0.1) is 0 Å². The third-order valence-electron chi connectivity index (χ3n) is 2.92. The van der Waals surface area contributed by atoms with E-state index in [0.29, 0.717) is 0 Å². The molecule has 3 nitrogen and oxygen atoms in total. The second kappa shape index (κ2) is 5.29. The molecule has 1 N–H and O–H groups in total. The first-order chi connectivity index (χ1) is 7.93. The molecule has 92 valence electrons. The van der Waals surface area contributed by atoms with Crippen LogP contribution >= 0.6 is 11.6 Å². The van der Waals surface area contributed by atoms with Gasteiger partial charge in [0, 0.05) is 5.02 Å². The molecule has 1 atom stereocenters. The maximum atomic E-state index is 8.86. The predicted octanol–water partition coefficient (Wildman–Crippen LogP) is 3.60. The van der Waals surface area contributed by atoms with Crippen LogP contribution < -0.4 is 10.1 Å². The van der Waals surface area contributed by atoms with Gasteiger partial charge < -0.3 is 10.1 Å². The van der Waals surface area contributed by atoms with Crippen LogP contribution in [0.5, 0.6) is 5.75 Å². The molecule has 0 saturated carbocycles. The first-order valence-corrected chi connectivity index (χ1v) is 5.81. The van der Waals surface area contributed by atoms with E-state index in [2.05, 4.69) is 11.4 Å².